The van der Waals surface area contributed by atoms with Gasteiger partial charge >= 0.3 is 11.9 Å². The van der Waals surface area contributed by atoms with Gasteiger partial charge in [0.05, 0.1) is 0 Å². The molecule has 0 heterocycles. The van der Waals surface area contributed by atoms with Gasteiger partial charge in [0.15, 0.2) is 5.60 Å². The lowest BCUT2D eigenvalue weighted by Crippen LogP contribution is -2.38. The van der Waals surface area contributed by atoms with Gasteiger partial charge in [-0.1, -0.05) is 6.04 Å². The van der Waals surface area contributed by atoms with E-state index < -0.39 is 22.7 Å². The molecule has 7 heteroatoms. The Bertz CT molecular complexity index is 294. The molecule has 5 nitrogen and oxygen atoms in total. The summed E-state index contributed by atoms with van der Waals surface area (Å²) in [7, 11) is 0.906. The van der Waals surface area contributed by atoms with E-state index in [0.717, 1.165) is 16.3 Å². The van der Waals surface area contributed by atoms with Gasteiger partial charge in [0.25, 0.3) is 5.12 Å². The van der Waals surface area contributed by atoms with Crippen molar-refractivity contribution < 1.29 is 23.3 Å². The number of carbonyl (C=O) groups is 3. The highest BCUT2D eigenvalue weighted by Gasteiger charge is 2.37. The first-order chi connectivity index (χ1) is 7.31. The second-order valence-electron chi connectivity index (χ2n) is 3.52. The summed E-state index contributed by atoms with van der Waals surface area (Å²) in [4.78, 5) is 33.2. The fourth-order valence-electron chi connectivity index (χ4n) is 1.17. The number of hydrogen-bond donors (Lipinski definition) is 0. The molecule has 0 radical (unpaired) electrons. The first kappa shape index (κ1) is 15.2. The summed E-state index contributed by atoms with van der Waals surface area (Å²) < 4.78 is 9.52. The van der Waals surface area contributed by atoms with Crippen molar-refractivity contribution in [3.05, 3.63) is 0 Å². The van der Waals surface area contributed by atoms with Crippen LogP contribution in [0.5, 0.6) is 0 Å². The number of ether oxygens (including phenoxy) is 1. The van der Waals surface area contributed by atoms with Crippen LogP contribution in [0.15, 0.2) is 0 Å². The van der Waals surface area contributed by atoms with E-state index in [4.69, 9.17) is 4.74 Å². The first-order valence-corrected chi connectivity index (χ1v) is 7.06. The van der Waals surface area contributed by atoms with Crippen molar-refractivity contribution in [1.82, 2.24) is 0 Å². The number of hydrogen-bond acceptors (Lipinski definition) is 6. The topological polar surface area (TPSA) is 69.7 Å². The summed E-state index contributed by atoms with van der Waals surface area (Å²) in [5.74, 6) is -1.08. The zero-order chi connectivity index (χ0) is 12.8. The Morgan fingerprint density at radius 3 is 2.19 bits per heavy atom. The summed E-state index contributed by atoms with van der Waals surface area (Å²) in [6.07, 6.45) is 0.450. The van der Waals surface area contributed by atoms with Gasteiger partial charge in [0, 0.05) is 24.1 Å². The smallest absolute Gasteiger partial charge is 0.315 e. The molecule has 0 aromatic carbocycles. The zero-order valence-corrected chi connectivity index (χ0v) is 12.7. The van der Waals surface area contributed by atoms with Crippen LogP contribution >= 0.6 is 12.0 Å². The summed E-state index contributed by atoms with van der Waals surface area (Å²) in [5.41, 5.74) is -1.20. The number of carbonyl (C=O) groups excluding carboxylic acids is 3. The third-order valence-corrected chi connectivity index (χ3v) is 3.16. The van der Waals surface area contributed by atoms with Crippen LogP contribution in [-0.4, -0.2) is 32.9 Å². The van der Waals surface area contributed by atoms with Gasteiger partial charge < -0.3 is 8.92 Å². The maximum atomic E-state index is 11.7. The van der Waals surface area contributed by atoms with Crippen LogP contribution in [0.4, 0.5) is 0 Å². The van der Waals surface area contributed by atoms with Crippen LogP contribution in [0.2, 0.25) is 6.04 Å². The van der Waals surface area contributed by atoms with Crippen molar-refractivity contribution in [2.24, 2.45) is 0 Å². The first-order valence-electron chi connectivity index (χ1n) is 4.91. The van der Waals surface area contributed by atoms with Crippen LogP contribution in [0.25, 0.3) is 0 Å². The Kier molecular flexibility index (Phi) is 6.35. The van der Waals surface area contributed by atoms with Crippen LogP contribution < -0.4 is 0 Å². The molecule has 16 heavy (non-hydrogen) atoms. The molecule has 0 saturated heterocycles. The lowest BCUT2D eigenvalue weighted by atomic mass is 10.1. The van der Waals surface area contributed by atoms with E-state index >= 15 is 0 Å². The third-order valence-electron chi connectivity index (χ3n) is 1.76. The molecule has 0 amide bonds. The van der Waals surface area contributed by atoms with E-state index in [1.54, 1.807) is 0 Å². The molecule has 0 spiro atoms. The van der Waals surface area contributed by atoms with Crippen molar-refractivity contribution in [2.45, 2.75) is 38.8 Å². The molecule has 0 N–H and O–H groups in total. The summed E-state index contributed by atoms with van der Waals surface area (Å²) >= 11 is 0.423. The summed E-state index contributed by atoms with van der Waals surface area (Å²) in [6.45, 7) is 3.98. The SMILES string of the molecule is CC(=O)OSC(=O)C(C)(CC[SiH3])OC(C)=O. The van der Waals surface area contributed by atoms with E-state index in [1.165, 1.54) is 20.8 Å². The maximum absolute atomic E-state index is 11.7. The minimum atomic E-state index is -1.20. The Morgan fingerprint density at radius 1 is 1.25 bits per heavy atom. The third kappa shape index (κ3) is 5.31. The number of esters is 1. The van der Waals surface area contributed by atoms with Crippen LogP contribution in [0.1, 0.15) is 27.2 Å². The molecule has 0 aromatic rings. The molecule has 1 unspecified atom stereocenters. The average Bonchev–Trinajstić information content (AvgIpc) is 2.12. The van der Waals surface area contributed by atoms with Crippen LogP contribution in [0, 0.1) is 0 Å². The monoisotopic (exact) mass is 264 g/mol. The molecule has 1 atom stereocenters. The molecule has 0 fully saturated rings. The minimum Gasteiger partial charge on any atom is -0.450 e. The van der Waals surface area contributed by atoms with E-state index in [-0.39, 0.29) is 0 Å². The van der Waals surface area contributed by atoms with Crippen molar-refractivity contribution >= 4 is 39.3 Å². The van der Waals surface area contributed by atoms with Gasteiger partial charge in [-0.3, -0.25) is 14.4 Å². The molecule has 0 aromatic heterocycles. The van der Waals surface area contributed by atoms with Gasteiger partial charge in [-0.05, 0) is 13.3 Å². The predicted molar refractivity (Wildman–Crippen MR) is 63.9 cm³/mol. The number of rotatable bonds is 4. The van der Waals surface area contributed by atoms with E-state index in [1.807, 2.05) is 0 Å². The second-order valence-corrected chi connectivity index (χ2v) is 5.22. The van der Waals surface area contributed by atoms with Crippen molar-refractivity contribution in [2.75, 3.05) is 0 Å². The molecule has 0 aliphatic heterocycles. The van der Waals surface area contributed by atoms with Gasteiger partial charge in [0.1, 0.15) is 12.0 Å². The van der Waals surface area contributed by atoms with Crippen molar-refractivity contribution in [3.8, 4) is 0 Å². The average molecular weight is 264 g/mol. The lowest BCUT2D eigenvalue weighted by molar-refractivity contribution is -0.160. The Balaban J connectivity index is 4.55. The molecular formula is C9H16O5SSi. The minimum absolute atomic E-state index is 0.423. The maximum Gasteiger partial charge on any atom is 0.315 e. The van der Waals surface area contributed by atoms with Gasteiger partial charge in [0.2, 0.25) is 0 Å². The summed E-state index contributed by atoms with van der Waals surface area (Å²) in [5, 5.41) is -0.464. The highest BCUT2D eigenvalue weighted by molar-refractivity contribution is 8.10. The molecule has 0 rings (SSSR count). The highest BCUT2D eigenvalue weighted by atomic mass is 32.2. The van der Waals surface area contributed by atoms with Gasteiger partial charge in [-0.15, -0.1) is 0 Å². The molecule has 0 bridgehead atoms. The quantitative estimate of drug-likeness (QED) is 0.411. The predicted octanol–water partition coefficient (Wildman–Crippen LogP) is 0.220. The normalized spacial score (nSPS) is 13.9. The van der Waals surface area contributed by atoms with Crippen molar-refractivity contribution in [3.63, 3.8) is 0 Å². The standard InChI is InChI=1S/C9H16O5SSi/c1-6(10)13-9(3,4-5-16)8(12)15-14-7(2)11/h4-5H2,1-3,16H3. The second kappa shape index (κ2) is 6.69. The molecule has 0 aliphatic rings. The molecule has 92 valence electrons. The Morgan fingerprint density at radius 2 is 1.81 bits per heavy atom. The Labute approximate surface area is 102 Å². The van der Waals surface area contributed by atoms with Gasteiger partial charge in [-0.2, -0.15) is 0 Å². The van der Waals surface area contributed by atoms with E-state index in [0.29, 0.717) is 18.5 Å². The molecular weight excluding hydrogens is 248 g/mol. The van der Waals surface area contributed by atoms with E-state index in [2.05, 4.69) is 4.18 Å². The fraction of sp³-hybridized carbons (Fsp3) is 0.667. The highest BCUT2D eigenvalue weighted by Crippen LogP contribution is 2.25. The largest absolute Gasteiger partial charge is 0.450 e. The molecule has 0 aliphatic carbocycles. The van der Waals surface area contributed by atoms with Crippen LogP contribution in [0.3, 0.4) is 0 Å². The Hall–Kier alpha value is -0.823. The van der Waals surface area contributed by atoms with Crippen molar-refractivity contribution in [1.29, 1.82) is 0 Å². The van der Waals surface area contributed by atoms with Gasteiger partial charge in [-0.25, -0.2) is 0 Å². The van der Waals surface area contributed by atoms with Crippen LogP contribution in [-0.2, 0) is 23.3 Å². The zero-order valence-electron chi connectivity index (χ0n) is 9.86. The fourth-order valence-corrected chi connectivity index (χ4v) is 2.64. The van der Waals surface area contributed by atoms with E-state index in [9.17, 15) is 14.4 Å². The summed E-state index contributed by atoms with van der Waals surface area (Å²) in [6, 6.07) is 0.816. The lowest BCUT2D eigenvalue weighted by Gasteiger charge is -2.25. The molecule has 0 saturated carbocycles.